The Hall–Kier alpha value is -3.21. The van der Waals surface area contributed by atoms with E-state index in [2.05, 4.69) is 10.3 Å². The number of nitrogens with one attached hydrogen (secondary N) is 1. The Morgan fingerprint density at radius 3 is 2.48 bits per heavy atom. The van der Waals surface area contributed by atoms with Crippen molar-refractivity contribution in [2.45, 2.75) is 19.4 Å². The zero-order chi connectivity index (χ0) is 17.8. The highest BCUT2D eigenvalue weighted by Crippen LogP contribution is 2.12. The van der Waals surface area contributed by atoms with Crippen molar-refractivity contribution in [3.63, 3.8) is 0 Å². The third-order valence-corrected chi connectivity index (χ3v) is 3.99. The van der Waals surface area contributed by atoms with Gasteiger partial charge in [0.15, 0.2) is 0 Å². The molecule has 1 aromatic heterocycles. The SMILES string of the molecule is Cc1ccc(C[C@@H](NC(=O)c2ccc3ccccc3n2)C(=O)O)cc1. The predicted molar refractivity (Wildman–Crippen MR) is 95.5 cm³/mol. The Labute approximate surface area is 145 Å². The van der Waals surface area contributed by atoms with Crippen molar-refractivity contribution in [3.05, 3.63) is 77.5 Å². The zero-order valence-corrected chi connectivity index (χ0v) is 13.8. The van der Waals surface area contributed by atoms with Gasteiger partial charge >= 0.3 is 5.97 Å². The van der Waals surface area contributed by atoms with E-state index < -0.39 is 17.9 Å². The molecule has 3 aromatic rings. The molecule has 5 heteroatoms. The molecule has 5 nitrogen and oxygen atoms in total. The molecule has 0 radical (unpaired) electrons. The second-order valence-corrected chi connectivity index (χ2v) is 5.94. The van der Waals surface area contributed by atoms with Crippen molar-refractivity contribution < 1.29 is 14.7 Å². The van der Waals surface area contributed by atoms with E-state index in [0.29, 0.717) is 5.52 Å². The van der Waals surface area contributed by atoms with Crippen LogP contribution in [0, 0.1) is 6.92 Å². The van der Waals surface area contributed by atoms with Crippen LogP contribution in [0.2, 0.25) is 0 Å². The van der Waals surface area contributed by atoms with E-state index in [1.54, 1.807) is 12.1 Å². The van der Waals surface area contributed by atoms with Crippen LogP contribution >= 0.6 is 0 Å². The first kappa shape index (κ1) is 16.6. The molecule has 0 fully saturated rings. The van der Waals surface area contributed by atoms with E-state index in [4.69, 9.17) is 0 Å². The monoisotopic (exact) mass is 334 g/mol. The number of aryl methyl sites for hydroxylation is 1. The lowest BCUT2D eigenvalue weighted by Gasteiger charge is -2.14. The number of amides is 1. The summed E-state index contributed by atoms with van der Waals surface area (Å²) in [7, 11) is 0. The van der Waals surface area contributed by atoms with Gasteiger partial charge in [-0.1, -0.05) is 54.1 Å². The Kier molecular flexibility index (Phi) is 4.75. The van der Waals surface area contributed by atoms with Crippen LogP contribution in [0.3, 0.4) is 0 Å². The average molecular weight is 334 g/mol. The van der Waals surface area contributed by atoms with Crippen LogP contribution in [-0.4, -0.2) is 28.0 Å². The van der Waals surface area contributed by atoms with E-state index in [0.717, 1.165) is 16.5 Å². The molecule has 1 heterocycles. The summed E-state index contributed by atoms with van der Waals surface area (Å²) >= 11 is 0. The second-order valence-electron chi connectivity index (χ2n) is 5.94. The van der Waals surface area contributed by atoms with Gasteiger partial charge in [-0.2, -0.15) is 0 Å². The average Bonchev–Trinajstić information content (AvgIpc) is 2.62. The summed E-state index contributed by atoms with van der Waals surface area (Å²) in [6, 6.07) is 17.4. The maximum absolute atomic E-state index is 12.4. The molecule has 0 unspecified atom stereocenters. The van der Waals surface area contributed by atoms with Crippen LogP contribution in [0.5, 0.6) is 0 Å². The van der Waals surface area contributed by atoms with Gasteiger partial charge in [-0.15, -0.1) is 0 Å². The van der Waals surface area contributed by atoms with Crippen molar-refractivity contribution >= 4 is 22.8 Å². The number of rotatable bonds is 5. The number of fused-ring (bicyclic) bond motifs is 1. The van der Waals surface area contributed by atoms with Gasteiger partial charge in [0.2, 0.25) is 0 Å². The second kappa shape index (κ2) is 7.13. The van der Waals surface area contributed by atoms with E-state index >= 15 is 0 Å². The Morgan fingerprint density at radius 1 is 1.04 bits per heavy atom. The summed E-state index contributed by atoms with van der Waals surface area (Å²) in [5.74, 6) is -1.57. The number of para-hydroxylation sites is 1. The molecule has 2 N–H and O–H groups in total. The van der Waals surface area contributed by atoms with Gasteiger partial charge < -0.3 is 10.4 Å². The number of carboxylic acids is 1. The van der Waals surface area contributed by atoms with Gasteiger partial charge in [-0.3, -0.25) is 4.79 Å². The number of benzene rings is 2. The molecule has 25 heavy (non-hydrogen) atoms. The molecule has 0 spiro atoms. The predicted octanol–water partition coefficient (Wildman–Crippen LogP) is 2.97. The van der Waals surface area contributed by atoms with Gasteiger partial charge in [0.05, 0.1) is 5.52 Å². The van der Waals surface area contributed by atoms with Crippen molar-refractivity contribution in [1.29, 1.82) is 0 Å². The molecule has 0 saturated heterocycles. The van der Waals surface area contributed by atoms with Gasteiger partial charge in [-0.05, 0) is 24.6 Å². The van der Waals surface area contributed by atoms with Crippen molar-refractivity contribution in [3.8, 4) is 0 Å². The van der Waals surface area contributed by atoms with Crippen LogP contribution in [0.15, 0.2) is 60.7 Å². The lowest BCUT2D eigenvalue weighted by molar-refractivity contribution is -0.139. The van der Waals surface area contributed by atoms with E-state index in [1.165, 1.54) is 0 Å². The highest BCUT2D eigenvalue weighted by Gasteiger charge is 2.21. The molecular formula is C20H18N2O3. The molecule has 3 rings (SSSR count). The minimum absolute atomic E-state index is 0.203. The Bertz CT molecular complexity index is 920. The molecule has 1 amide bonds. The van der Waals surface area contributed by atoms with Crippen LogP contribution in [-0.2, 0) is 11.2 Å². The molecular weight excluding hydrogens is 316 g/mol. The topological polar surface area (TPSA) is 79.3 Å². The lowest BCUT2D eigenvalue weighted by Crippen LogP contribution is -2.42. The van der Waals surface area contributed by atoms with Crippen LogP contribution in [0.25, 0.3) is 10.9 Å². The first-order valence-electron chi connectivity index (χ1n) is 7.98. The number of aromatic nitrogens is 1. The summed E-state index contributed by atoms with van der Waals surface area (Å²) in [5, 5.41) is 12.9. The molecule has 0 aliphatic carbocycles. The summed E-state index contributed by atoms with van der Waals surface area (Å²) in [6.07, 6.45) is 0.217. The molecule has 0 bridgehead atoms. The summed E-state index contributed by atoms with van der Waals surface area (Å²) in [6.45, 7) is 1.96. The van der Waals surface area contributed by atoms with E-state index in [-0.39, 0.29) is 12.1 Å². The van der Waals surface area contributed by atoms with Gasteiger partial charge in [0.1, 0.15) is 11.7 Å². The number of pyridine rings is 1. The smallest absolute Gasteiger partial charge is 0.326 e. The maximum Gasteiger partial charge on any atom is 0.326 e. The standard InChI is InChI=1S/C20H18N2O3/c1-13-6-8-14(9-7-13)12-18(20(24)25)22-19(23)17-11-10-15-4-2-3-5-16(15)21-17/h2-11,18H,12H2,1H3,(H,22,23)(H,24,25)/t18-/m1/s1. The third kappa shape index (κ3) is 4.01. The van der Waals surface area contributed by atoms with Gasteiger partial charge in [0.25, 0.3) is 5.91 Å². The lowest BCUT2D eigenvalue weighted by atomic mass is 10.0. The van der Waals surface area contributed by atoms with Crippen molar-refractivity contribution in [2.24, 2.45) is 0 Å². The summed E-state index contributed by atoms with van der Waals surface area (Å²) < 4.78 is 0. The Balaban J connectivity index is 1.77. The quantitative estimate of drug-likeness (QED) is 0.752. The molecule has 0 aliphatic heterocycles. The number of hydrogen-bond donors (Lipinski definition) is 2. The summed E-state index contributed by atoms with van der Waals surface area (Å²) in [5.41, 5.74) is 2.85. The van der Waals surface area contributed by atoms with Gasteiger partial charge in [-0.25, -0.2) is 9.78 Å². The zero-order valence-electron chi connectivity index (χ0n) is 13.8. The summed E-state index contributed by atoms with van der Waals surface area (Å²) in [4.78, 5) is 28.2. The number of hydrogen-bond acceptors (Lipinski definition) is 3. The van der Waals surface area contributed by atoms with E-state index in [9.17, 15) is 14.7 Å². The van der Waals surface area contributed by atoms with Crippen molar-refractivity contribution in [1.82, 2.24) is 10.3 Å². The molecule has 2 aromatic carbocycles. The number of carboxylic acid groups (broad SMARTS) is 1. The number of aliphatic carboxylic acids is 1. The number of carbonyl (C=O) groups is 2. The number of carbonyl (C=O) groups excluding carboxylic acids is 1. The maximum atomic E-state index is 12.4. The Morgan fingerprint density at radius 2 is 1.76 bits per heavy atom. The molecule has 1 atom stereocenters. The minimum Gasteiger partial charge on any atom is -0.480 e. The molecule has 0 saturated carbocycles. The van der Waals surface area contributed by atoms with Crippen LogP contribution in [0.1, 0.15) is 21.6 Å². The highest BCUT2D eigenvalue weighted by atomic mass is 16.4. The molecule has 0 aliphatic rings. The fourth-order valence-electron chi connectivity index (χ4n) is 2.58. The normalized spacial score (nSPS) is 11.9. The van der Waals surface area contributed by atoms with Crippen LogP contribution in [0.4, 0.5) is 0 Å². The van der Waals surface area contributed by atoms with Crippen LogP contribution < -0.4 is 5.32 Å². The first-order chi connectivity index (χ1) is 12.0. The third-order valence-electron chi connectivity index (χ3n) is 3.99. The first-order valence-corrected chi connectivity index (χ1v) is 7.98. The fraction of sp³-hybridized carbons (Fsp3) is 0.150. The highest BCUT2D eigenvalue weighted by molar-refractivity contribution is 5.97. The van der Waals surface area contributed by atoms with E-state index in [1.807, 2.05) is 55.5 Å². The minimum atomic E-state index is -1.07. The number of nitrogens with zero attached hydrogens (tertiary/aromatic N) is 1. The van der Waals surface area contributed by atoms with Gasteiger partial charge in [0, 0.05) is 11.8 Å². The van der Waals surface area contributed by atoms with Crippen molar-refractivity contribution in [2.75, 3.05) is 0 Å². The fourth-order valence-corrected chi connectivity index (χ4v) is 2.58. The largest absolute Gasteiger partial charge is 0.480 e. The molecule has 126 valence electrons.